The van der Waals surface area contributed by atoms with E-state index in [1.807, 2.05) is 18.2 Å². The van der Waals surface area contributed by atoms with E-state index in [-0.39, 0.29) is 17.3 Å². The Kier molecular flexibility index (Phi) is 10.8. The van der Waals surface area contributed by atoms with Crippen LogP contribution in [0.25, 0.3) is 0 Å². The highest BCUT2D eigenvalue weighted by atomic mass is 32.2. The average Bonchev–Trinajstić information content (AvgIpc) is 2.79. The number of nitrogens with one attached hydrogen (secondary N) is 1. The number of methoxy groups -OCH3 is 1. The van der Waals surface area contributed by atoms with E-state index in [9.17, 15) is 13.2 Å². The Hall–Kier alpha value is -2.26. The van der Waals surface area contributed by atoms with E-state index < -0.39 is 10.0 Å². The first kappa shape index (κ1) is 26.0. The van der Waals surface area contributed by atoms with E-state index in [2.05, 4.69) is 22.3 Å². The molecule has 2 aromatic carbocycles. The molecule has 0 fully saturated rings. The first-order valence-electron chi connectivity index (χ1n) is 11.1. The van der Waals surface area contributed by atoms with Crippen molar-refractivity contribution in [2.24, 2.45) is 0 Å². The average molecular weight is 462 g/mol. The van der Waals surface area contributed by atoms with Crippen molar-refractivity contribution in [2.45, 2.75) is 31.6 Å². The number of amides is 1. The van der Waals surface area contributed by atoms with Gasteiger partial charge in [-0.25, -0.2) is 8.42 Å². The molecule has 0 spiro atoms. The Labute approximate surface area is 192 Å². The zero-order chi connectivity index (χ0) is 23.4. The Morgan fingerprint density at radius 3 is 2.38 bits per heavy atom. The second kappa shape index (κ2) is 13.3. The summed E-state index contributed by atoms with van der Waals surface area (Å²) in [7, 11) is -1.93. The number of carbonyl (C=O) groups excluding carboxylic acids is 1. The minimum Gasteiger partial charge on any atom is -0.383 e. The molecule has 0 aliphatic carbocycles. The molecule has 0 atom stereocenters. The molecule has 2 aromatic rings. The van der Waals surface area contributed by atoms with Gasteiger partial charge in [0.05, 0.1) is 18.0 Å². The number of sulfonamides is 1. The van der Waals surface area contributed by atoms with Gasteiger partial charge < -0.3 is 10.1 Å². The molecule has 176 valence electrons. The van der Waals surface area contributed by atoms with Crippen LogP contribution in [0.3, 0.4) is 0 Å². The molecule has 0 aliphatic rings. The van der Waals surface area contributed by atoms with Gasteiger partial charge >= 0.3 is 0 Å². The predicted octanol–water partition coefficient (Wildman–Crippen LogP) is 3.24. The molecule has 0 aromatic heterocycles. The lowest BCUT2D eigenvalue weighted by Gasteiger charge is -2.22. The van der Waals surface area contributed by atoms with Crippen molar-refractivity contribution in [3.63, 3.8) is 0 Å². The Morgan fingerprint density at radius 2 is 1.72 bits per heavy atom. The fraction of sp³-hybridized carbons (Fsp3) is 0.458. The second-order valence-corrected chi connectivity index (χ2v) is 9.46. The van der Waals surface area contributed by atoms with Crippen molar-refractivity contribution in [1.82, 2.24) is 9.21 Å². The minimum atomic E-state index is -3.58. The molecular formula is C24H35N3O4S. The molecule has 0 saturated carbocycles. The number of ether oxygens (including phenoxy) is 1. The van der Waals surface area contributed by atoms with Crippen LogP contribution < -0.4 is 5.32 Å². The first-order chi connectivity index (χ1) is 15.4. The largest absolute Gasteiger partial charge is 0.383 e. The van der Waals surface area contributed by atoms with Crippen molar-refractivity contribution in [1.29, 1.82) is 0 Å². The highest BCUT2D eigenvalue weighted by molar-refractivity contribution is 7.89. The summed E-state index contributed by atoms with van der Waals surface area (Å²) in [6.45, 7) is 6.57. The van der Waals surface area contributed by atoms with E-state index in [1.54, 1.807) is 39.2 Å². The number of carbonyl (C=O) groups is 1. The van der Waals surface area contributed by atoms with Gasteiger partial charge in [-0.3, -0.25) is 9.69 Å². The number of nitrogens with zero attached hydrogens (tertiary/aromatic N) is 2. The summed E-state index contributed by atoms with van der Waals surface area (Å²) in [4.78, 5) is 14.9. The predicted molar refractivity (Wildman–Crippen MR) is 128 cm³/mol. The molecule has 0 saturated heterocycles. The molecule has 2 rings (SSSR count). The van der Waals surface area contributed by atoms with Gasteiger partial charge in [0.15, 0.2) is 0 Å². The van der Waals surface area contributed by atoms with Crippen LogP contribution in [0, 0.1) is 0 Å². The summed E-state index contributed by atoms with van der Waals surface area (Å²) in [5.41, 5.74) is 1.74. The van der Waals surface area contributed by atoms with Gasteiger partial charge in [-0.05, 0) is 43.1 Å². The second-order valence-electron chi connectivity index (χ2n) is 7.52. The highest BCUT2D eigenvalue weighted by Crippen LogP contribution is 2.19. The minimum absolute atomic E-state index is 0.179. The maximum Gasteiger partial charge on any atom is 0.243 e. The fourth-order valence-corrected chi connectivity index (χ4v) is 5.00. The summed E-state index contributed by atoms with van der Waals surface area (Å²) in [5, 5.41) is 2.84. The lowest BCUT2D eigenvalue weighted by molar-refractivity contribution is -0.117. The summed E-state index contributed by atoms with van der Waals surface area (Å²) < 4.78 is 32.1. The summed E-state index contributed by atoms with van der Waals surface area (Å²) in [6, 6.07) is 16.7. The normalized spacial score (nSPS) is 11.8. The van der Waals surface area contributed by atoms with Gasteiger partial charge in [-0.2, -0.15) is 4.31 Å². The third-order valence-electron chi connectivity index (χ3n) is 5.22. The highest BCUT2D eigenvalue weighted by Gasteiger charge is 2.22. The quantitative estimate of drug-likeness (QED) is 0.467. The fourth-order valence-electron chi connectivity index (χ4n) is 3.49. The van der Waals surface area contributed by atoms with E-state index >= 15 is 0 Å². The van der Waals surface area contributed by atoms with Crippen molar-refractivity contribution in [2.75, 3.05) is 51.8 Å². The Morgan fingerprint density at radius 1 is 1.00 bits per heavy atom. The standard InChI is InChI=1S/C24H35N3O4S/c1-4-27(5-2)32(29,30)23-15-9-14-22(19-23)25-24(28)20-26(17-18-31-3)16-10-13-21-11-7-6-8-12-21/h6-9,11-12,14-15,19H,4-5,10,13,16-18,20H2,1-3H3,(H,25,28). The van der Waals surface area contributed by atoms with Crippen LogP contribution in [-0.2, 0) is 26.0 Å². The summed E-state index contributed by atoms with van der Waals surface area (Å²) >= 11 is 0. The Bertz CT molecular complexity index is 931. The van der Waals surface area contributed by atoms with Crippen LogP contribution in [0.1, 0.15) is 25.8 Å². The zero-order valence-corrected chi connectivity index (χ0v) is 20.1. The van der Waals surface area contributed by atoms with Gasteiger partial charge in [0, 0.05) is 32.4 Å². The van der Waals surface area contributed by atoms with Crippen LogP contribution in [0.5, 0.6) is 0 Å². The van der Waals surface area contributed by atoms with E-state index in [1.165, 1.54) is 15.9 Å². The van der Waals surface area contributed by atoms with Crippen LogP contribution in [0.4, 0.5) is 5.69 Å². The molecule has 0 radical (unpaired) electrons. The SMILES string of the molecule is CCN(CC)S(=O)(=O)c1cccc(NC(=O)CN(CCCc2ccccc2)CCOC)c1. The zero-order valence-electron chi connectivity index (χ0n) is 19.3. The molecule has 0 bridgehead atoms. The van der Waals surface area contributed by atoms with Gasteiger partial charge in [-0.15, -0.1) is 0 Å². The van der Waals surface area contributed by atoms with Crippen LogP contribution in [0.2, 0.25) is 0 Å². The smallest absolute Gasteiger partial charge is 0.243 e. The van der Waals surface area contributed by atoms with Crippen molar-refractivity contribution < 1.29 is 17.9 Å². The molecule has 0 unspecified atom stereocenters. The maximum absolute atomic E-state index is 12.8. The number of aryl methyl sites for hydroxylation is 1. The van der Waals surface area contributed by atoms with Crippen molar-refractivity contribution >= 4 is 21.6 Å². The third-order valence-corrected chi connectivity index (χ3v) is 7.27. The van der Waals surface area contributed by atoms with E-state index in [0.717, 1.165) is 19.4 Å². The monoisotopic (exact) mass is 461 g/mol. The summed E-state index contributed by atoms with van der Waals surface area (Å²) in [5.74, 6) is -0.182. The molecule has 32 heavy (non-hydrogen) atoms. The number of hydrogen-bond acceptors (Lipinski definition) is 5. The van der Waals surface area contributed by atoms with Crippen LogP contribution >= 0.6 is 0 Å². The van der Waals surface area contributed by atoms with Gasteiger partial charge in [0.25, 0.3) is 0 Å². The van der Waals surface area contributed by atoms with Crippen molar-refractivity contribution in [3.05, 3.63) is 60.2 Å². The first-order valence-corrected chi connectivity index (χ1v) is 12.5. The van der Waals surface area contributed by atoms with Gasteiger partial charge in [0.2, 0.25) is 15.9 Å². The lowest BCUT2D eigenvalue weighted by atomic mass is 10.1. The maximum atomic E-state index is 12.8. The van der Waals surface area contributed by atoms with E-state index in [0.29, 0.717) is 31.9 Å². The van der Waals surface area contributed by atoms with Gasteiger partial charge in [-0.1, -0.05) is 50.2 Å². The molecular weight excluding hydrogens is 426 g/mol. The molecule has 1 N–H and O–H groups in total. The Balaban J connectivity index is 1.98. The summed E-state index contributed by atoms with van der Waals surface area (Å²) in [6.07, 6.45) is 1.87. The number of benzene rings is 2. The molecule has 0 heterocycles. The molecule has 7 nitrogen and oxygen atoms in total. The molecule has 8 heteroatoms. The molecule has 1 amide bonds. The topological polar surface area (TPSA) is 79.0 Å². The lowest BCUT2D eigenvalue weighted by Crippen LogP contribution is -2.36. The van der Waals surface area contributed by atoms with Gasteiger partial charge in [0.1, 0.15) is 0 Å². The van der Waals surface area contributed by atoms with E-state index in [4.69, 9.17) is 4.74 Å². The number of rotatable bonds is 14. The third kappa shape index (κ3) is 8.02. The number of hydrogen-bond donors (Lipinski definition) is 1. The van der Waals surface area contributed by atoms with Crippen molar-refractivity contribution in [3.8, 4) is 0 Å². The molecule has 0 aliphatic heterocycles. The van der Waals surface area contributed by atoms with Crippen LogP contribution in [0.15, 0.2) is 59.5 Å². The number of anilines is 1. The van der Waals surface area contributed by atoms with Crippen LogP contribution in [-0.4, -0.2) is 70.0 Å².